The van der Waals surface area contributed by atoms with E-state index in [1.165, 1.54) is 41.3 Å². The van der Waals surface area contributed by atoms with Gasteiger partial charge in [0.1, 0.15) is 54.0 Å². The van der Waals surface area contributed by atoms with Gasteiger partial charge in [0.25, 0.3) is 0 Å². The largest absolute Gasteiger partial charge is 0.508 e. The smallest absolute Gasteiger partial charge is 0.322 e. The normalized spacial score (nSPS) is 21.6. The van der Waals surface area contributed by atoms with Crippen LogP contribution >= 0.6 is 0 Å². The molecule has 6 aromatic rings. The number of phenols is 1. The van der Waals surface area contributed by atoms with Crippen LogP contribution < -0.4 is 20.3 Å². The quantitative estimate of drug-likeness (QED) is 0.0534. The molecule has 0 bridgehead atoms. The van der Waals surface area contributed by atoms with Crippen LogP contribution in [0.25, 0.3) is 44.3 Å². The Morgan fingerprint density at radius 3 is 2.41 bits per heavy atom. The molecule has 7 atom stereocenters. The number of esters is 1. The molecular formula is C47H51N3O13. The Bertz CT molecular complexity index is 2610. The van der Waals surface area contributed by atoms with Gasteiger partial charge in [-0.05, 0) is 81.1 Å². The van der Waals surface area contributed by atoms with Crippen molar-refractivity contribution in [3.8, 4) is 33.9 Å². The highest BCUT2D eigenvalue weighted by molar-refractivity contribution is 5.95. The zero-order chi connectivity index (χ0) is 44.4. The molecule has 0 spiro atoms. The van der Waals surface area contributed by atoms with Gasteiger partial charge in [-0.3, -0.25) is 14.4 Å². The third-order valence-electron chi connectivity index (χ3n) is 11.9. The topological polar surface area (TPSA) is 235 Å². The van der Waals surface area contributed by atoms with Crippen molar-refractivity contribution in [1.82, 2.24) is 15.0 Å². The molecule has 16 nitrogen and oxygen atoms in total. The van der Waals surface area contributed by atoms with E-state index in [1.807, 2.05) is 38.1 Å². The van der Waals surface area contributed by atoms with Gasteiger partial charge in [0, 0.05) is 41.9 Å². The van der Waals surface area contributed by atoms with Crippen LogP contribution in [0.4, 0.5) is 0 Å². The summed E-state index contributed by atoms with van der Waals surface area (Å²) in [6, 6.07) is 17.5. The van der Waals surface area contributed by atoms with E-state index in [2.05, 4.69) is 10.3 Å². The molecule has 16 heteroatoms. The summed E-state index contributed by atoms with van der Waals surface area (Å²) in [4.78, 5) is 49.5. The van der Waals surface area contributed by atoms with Crippen molar-refractivity contribution in [3.05, 3.63) is 107 Å². The number of carbonyl (C=O) groups excluding carboxylic acids is 1. The number of carbonyl (C=O) groups is 2. The lowest BCUT2D eigenvalue weighted by Crippen LogP contribution is -2.63. The number of aromatic amines is 1. The van der Waals surface area contributed by atoms with Gasteiger partial charge in [0.05, 0.1) is 22.7 Å². The number of aliphatic hydroxyl groups is 3. The number of nitrogens with zero attached hydrogens (tertiary/aromatic N) is 1. The van der Waals surface area contributed by atoms with Crippen LogP contribution in [0, 0.1) is 19.8 Å². The molecule has 7 unspecified atom stereocenters. The molecule has 332 valence electrons. The van der Waals surface area contributed by atoms with Gasteiger partial charge in [0.2, 0.25) is 12.4 Å². The summed E-state index contributed by atoms with van der Waals surface area (Å²) in [6.45, 7) is 2.91. The minimum absolute atomic E-state index is 0.0129. The van der Waals surface area contributed by atoms with Gasteiger partial charge in [-0.1, -0.05) is 48.6 Å². The van der Waals surface area contributed by atoms with Gasteiger partial charge in [-0.25, -0.2) is 0 Å². The lowest BCUT2D eigenvalue weighted by atomic mass is 9.91. The molecule has 1 aliphatic carbocycles. The van der Waals surface area contributed by atoms with Crippen LogP contribution in [-0.4, -0.2) is 103 Å². The van der Waals surface area contributed by atoms with E-state index >= 15 is 0 Å². The summed E-state index contributed by atoms with van der Waals surface area (Å²) in [5.74, 6) is -4.06. The number of carboxylic acids is 1. The number of phenolic OH excluding ortho intramolecular Hbond substituents is 1. The van der Waals surface area contributed by atoms with Crippen molar-refractivity contribution < 1.29 is 58.6 Å². The number of aromatic hydroxyl groups is 1. The second-order valence-corrected chi connectivity index (χ2v) is 16.4. The van der Waals surface area contributed by atoms with Crippen LogP contribution in [0.3, 0.4) is 0 Å². The second kappa shape index (κ2) is 18.7. The number of rotatable bonds is 15. The van der Waals surface area contributed by atoms with Crippen LogP contribution in [0.1, 0.15) is 49.7 Å². The molecule has 3 aromatic heterocycles. The maximum Gasteiger partial charge on any atom is 0.322 e. The average Bonchev–Trinajstić information content (AvgIpc) is 3.85. The number of ether oxygens (including phenoxy) is 3. The number of fused-ring (bicyclic) bond motifs is 2. The molecule has 0 amide bonds. The summed E-state index contributed by atoms with van der Waals surface area (Å²) in [5, 5.41) is 57.4. The number of nitrogens with one attached hydrogen (secondary N) is 2. The molecule has 8 rings (SSSR count). The number of hydrogen-bond acceptors (Lipinski definition) is 13. The molecule has 7 N–H and O–H groups in total. The molecule has 2 fully saturated rings. The van der Waals surface area contributed by atoms with E-state index in [4.69, 9.17) is 23.5 Å². The van der Waals surface area contributed by atoms with Crippen molar-refractivity contribution in [2.24, 2.45) is 5.92 Å². The Labute approximate surface area is 361 Å². The summed E-state index contributed by atoms with van der Waals surface area (Å²) < 4.78 is 25.5. The zero-order valence-electron chi connectivity index (χ0n) is 34.8. The number of aliphatic hydroxyl groups excluding tert-OH is 3. The summed E-state index contributed by atoms with van der Waals surface area (Å²) in [6.07, 6.45) is 1.57. The highest BCUT2D eigenvalue weighted by Gasteiger charge is 2.49. The molecular weight excluding hydrogens is 815 g/mol. The first-order valence-corrected chi connectivity index (χ1v) is 21.1. The average molecular weight is 866 g/mol. The number of benzene rings is 3. The molecule has 1 aliphatic heterocycles. The molecule has 1 saturated carbocycles. The van der Waals surface area contributed by atoms with Gasteiger partial charge in [0.15, 0.2) is 11.3 Å². The van der Waals surface area contributed by atoms with Gasteiger partial charge in [-0.15, -0.1) is 0 Å². The van der Waals surface area contributed by atoms with E-state index in [0.717, 1.165) is 59.7 Å². The number of aromatic nitrogens is 2. The van der Waals surface area contributed by atoms with Gasteiger partial charge >= 0.3 is 11.9 Å². The van der Waals surface area contributed by atoms with E-state index < -0.39 is 61.2 Å². The van der Waals surface area contributed by atoms with Gasteiger partial charge in [-0.2, -0.15) is 4.73 Å². The van der Waals surface area contributed by atoms with Crippen LogP contribution in [0.15, 0.2) is 94.6 Å². The first-order chi connectivity index (χ1) is 30.4. The number of carboxylic acid groups (broad SMARTS) is 1. The van der Waals surface area contributed by atoms with Crippen LogP contribution in [0.5, 0.6) is 11.5 Å². The van der Waals surface area contributed by atoms with Crippen LogP contribution in [-0.2, 0) is 19.1 Å². The molecule has 4 heterocycles. The summed E-state index contributed by atoms with van der Waals surface area (Å²) >= 11 is 0. The molecule has 1 saturated heterocycles. The fraction of sp³-hybridized carbons (Fsp3) is 0.383. The Hall–Kier alpha value is -6.17. The highest BCUT2D eigenvalue weighted by Crippen LogP contribution is 2.34. The van der Waals surface area contributed by atoms with E-state index in [9.17, 15) is 39.9 Å². The van der Waals surface area contributed by atoms with Crippen molar-refractivity contribution in [2.75, 3.05) is 13.2 Å². The predicted molar refractivity (Wildman–Crippen MR) is 230 cm³/mol. The van der Waals surface area contributed by atoms with Crippen molar-refractivity contribution in [1.29, 1.82) is 0 Å². The lowest BCUT2D eigenvalue weighted by molar-refractivity contribution is -0.288. The standard InChI is InChI=1S/C47H51N3O13/c1-25-18-26(2)20-29(19-25)40-39-28(14-16-48-39)22-50(40)63-44-43(55)42(54)37(24-60-46(58)38(45(56)57)35(15-17-51)49-30-6-4-3-5-7-30)62-47(44)61-32-12-13-33-36(21-32)59-23-34(41(33)53)27-8-10-31(52)11-9-27/h8-14,16,18-23,30,35,37-38,42-44,47-49,51-52,54-55H,3-7,15,17,24H2,1-2H3,(H,56,57). The fourth-order valence-electron chi connectivity index (χ4n) is 8.75. The fourth-order valence-corrected chi connectivity index (χ4v) is 8.75. The minimum Gasteiger partial charge on any atom is -0.508 e. The third kappa shape index (κ3) is 9.31. The monoisotopic (exact) mass is 865 g/mol. The first-order valence-electron chi connectivity index (χ1n) is 21.1. The second-order valence-electron chi connectivity index (χ2n) is 16.4. The van der Waals surface area contributed by atoms with Crippen molar-refractivity contribution in [3.63, 3.8) is 0 Å². The van der Waals surface area contributed by atoms with Crippen molar-refractivity contribution in [2.45, 2.75) is 95.2 Å². The highest BCUT2D eigenvalue weighted by atomic mass is 16.8. The first kappa shape index (κ1) is 43.5. The lowest BCUT2D eigenvalue weighted by Gasteiger charge is -2.41. The maximum atomic E-state index is 13.6. The zero-order valence-corrected chi connectivity index (χ0v) is 34.8. The Morgan fingerprint density at radius 1 is 0.952 bits per heavy atom. The Morgan fingerprint density at radius 2 is 1.70 bits per heavy atom. The molecule has 0 radical (unpaired) electrons. The number of aliphatic carboxylic acids is 1. The predicted octanol–water partition coefficient (Wildman–Crippen LogP) is 4.97. The molecule has 63 heavy (non-hydrogen) atoms. The Kier molecular flexibility index (Phi) is 12.9. The SMILES string of the molecule is Cc1cc(C)cc(-c2c3[nH]ccc3cn2OC2C(Oc3ccc4c(=O)c(-c5ccc(O)cc5)coc4c3)OC(COC(=O)C(C(=O)O)C(CCO)NC3CCCCC3)C(O)C2O)c1. The minimum atomic E-state index is -1.73. The summed E-state index contributed by atoms with van der Waals surface area (Å²) in [5.41, 5.74) is 4.82. The molecule has 2 aliphatic rings. The van der Waals surface area contributed by atoms with Gasteiger partial charge < -0.3 is 59.3 Å². The van der Waals surface area contributed by atoms with Crippen molar-refractivity contribution >= 4 is 33.8 Å². The number of H-pyrrole nitrogens is 1. The number of hydrogen-bond donors (Lipinski definition) is 7. The van der Waals surface area contributed by atoms with Crippen LogP contribution in [0.2, 0.25) is 0 Å². The van der Waals surface area contributed by atoms with E-state index in [-0.39, 0.29) is 52.5 Å². The Balaban J connectivity index is 1.09. The number of aryl methyl sites for hydroxylation is 2. The van der Waals surface area contributed by atoms with E-state index in [0.29, 0.717) is 11.3 Å². The summed E-state index contributed by atoms with van der Waals surface area (Å²) in [7, 11) is 0. The molecule has 3 aromatic carbocycles. The van der Waals surface area contributed by atoms with E-state index in [1.54, 1.807) is 24.5 Å². The maximum absolute atomic E-state index is 13.6. The third-order valence-corrected chi connectivity index (χ3v) is 11.9.